The molecule has 0 aliphatic carbocycles. The number of aryl methyl sites for hydroxylation is 1. The minimum Gasteiger partial charge on any atom is -0.497 e. The monoisotopic (exact) mass is 317 g/mol. The largest absolute Gasteiger partial charge is 0.497 e. The molecule has 2 rings (SSSR count). The number of anilines is 1. The van der Waals surface area contributed by atoms with E-state index in [9.17, 15) is 14.0 Å². The van der Waals surface area contributed by atoms with Gasteiger partial charge < -0.3 is 14.8 Å². The molecule has 0 aromatic heterocycles. The summed E-state index contributed by atoms with van der Waals surface area (Å²) in [7, 11) is 1.52. The number of halogens is 1. The van der Waals surface area contributed by atoms with Gasteiger partial charge in [-0.15, -0.1) is 0 Å². The van der Waals surface area contributed by atoms with Gasteiger partial charge in [-0.2, -0.15) is 0 Å². The van der Waals surface area contributed by atoms with Gasteiger partial charge in [-0.1, -0.05) is 6.07 Å². The van der Waals surface area contributed by atoms with Crippen LogP contribution in [0.5, 0.6) is 5.75 Å². The normalized spacial score (nSPS) is 10.0. The average Bonchev–Trinajstić information content (AvgIpc) is 2.56. The lowest BCUT2D eigenvalue weighted by atomic mass is 10.2. The molecule has 6 heteroatoms. The van der Waals surface area contributed by atoms with Crippen LogP contribution in [-0.2, 0) is 9.53 Å². The van der Waals surface area contributed by atoms with Crippen molar-refractivity contribution in [2.75, 3.05) is 19.0 Å². The predicted octanol–water partition coefficient (Wildman–Crippen LogP) is 2.94. The summed E-state index contributed by atoms with van der Waals surface area (Å²) in [4.78, 5) is 23.6. The Hall–Kier alpha value is -2.89. The molecule has 2 aromatic carbocycles. The molecule has 0 aliphatic rings. The number of carbonyl (C=O) groups excluding carboxylic acids is 2. The Morgan fingerprint density at radius 3 is 2.48 bits per heavy atom. The summed E-state index contributed by atoms with van der Waals surface area (Å²) >= 11 is 0. The Labute approximate surface area is 133 Å². The average molecular weight is 317 g/mol. The van der Waals surface area contributed by atoms with Crippen LogP contribution in [0.3, 0.4) is 0 Å². The first-order chi connectivity index (χ1) is 11.0. The zero-order chi connectivity index (χ0) is 16.8. The van der Waals surface area contributed by atoms with E-state index in [2.05, 4.69) is 5.32 Å². The summed E-state index contributed by atoms with van der Waals surface area (Å²) in [6, 6.07) is 10.4. The number of amides is 1. The van der Waals surface area contributed by atoms with Crippen molar-refractivity contribution in [1.29, 1.82) is 0 Å². The van der Waals surface area contributed by atoms with Gasteiger partial charge in [0.15, 0.2) is 6.61 Å². The van der Waals surface area contributed by atoms with E-state index in [-0.39, 0.29) is 0 Å². The summed E-state index contributed by atoms with van der Waals surface area (Å²) in [5, 5.41) is 2.50. The van der Waals surface area contributed by atoms with Crippen LogP contribution in [0.25, 0.3) is 0 Å². The highest BCUT2D eigenvalue weighted by atomic mass is 19.1. The maximum Gasteiger partial charge on any atom is 0.338 e. The molecule has 5 nitrogen and oxygen atoms in total. The van der Waals surface area contributed by atoms with E-state index in [0.29, 0.717) is 22.6 Å². The molecule has 0 fully saturated rings. The molecule has 0 atom stereocenters. The van der Waals surface area contributed by atoms with E-state index in [4.69, 9.17) is 9.47 Å². The summed E-state index contributed by atoms with van der Waals surface area (Å²) in [5.74, 6) is -1.01. The molecule has 0 aliphatic heterocycles. The van der Waals surface area contributed by atoms with Crippen molar-refractivity contribution >= 4 is 17.6 Å². The molecular formula is C17H16FNO4. The van der Waals surface area contributed by atoms with Crippen LogP contribution in [0.2, 0.25) is 0 Å². The lowest BCUT2D eigenvalue weighted by Gasteiger charge is -2.09. The highest BCUT2D eigenvalue weighted by Crippen LogP contribution is 2.16. The van der Waals surface area contributed by atoms with Crippen molar-refractivity contribution in [2.24, 2.45) is 0 Å². The molecule has 2 aromatic rings. The molecule has 0 unspecified atom stereocenters. The minimum atomic E-state index is -0.626. The third kappa shape index (κ3) is 4.54. The second-order valence-electron chi connectivity index (χ2n) is 4.81. The molecule has 23 heavy (non-hydrogen) atoms. The maximum atomic E-state index is 13.1. The predicted molar refractivity (Wildman–Crippen MR) is 83.0 cm³/mol. The number of ether oxygens (including phenoxy) is 2. The third-order valence-corrected chi connectivity index (χ3v) is 3.13. The minimum absolute atomic E-state index is 0.306. The topological polar surface area (TPSA) is 64.6 Å². The van der Waals surface area contributed by atoms with E-state index in [1.807, 2.05) is 0 Å². The fourth-order valence-corrected chi connectivity index (χ4v) is 1.86. The number of hydrogen-bond donors (Lipinski definition) is 1. The summed E-state index contributed by atoms with van der Waals surface area (Å²) in [6.45, 7) is 1.28. The molecule has 0 spiro atoms. The van der Waals surface area contributed by atoms with Crippen molar-refractivity contribution < 1.29 is 23.5 Å². The number of rotatable bonds is 5. The van der Waals surface area contributed by atoms with Gasteiger partial charge in [-0.25, -0.2) is 9.18 Å². The maximum absolute atomic E-state index is 13.1. The van der Waals surface area contributed by atoms with Crippen LogP contribution < -0.4 is 10.1 Å². The van der Waals surface area contributed by atoms with Gasteiger partial charge in [0.1, 0.15) is 11.6 Å². The van der Waals surface area contributed by atoms with Crippen LogP contribution in [0.15, 0.2) is 42.5 Å². The van der Waals surface area contributed by atoms with E-state index >= 15 is 0 Å². The molecule has 120 valence electrons. The Bertz CT molecular complexity index is 713. The van der Waals surface area contributed by atoms with E-state index in [1.165, 1.54) is 31.4 Å². The quantitative estimate of drug-likeness (QED) is 0.861. The lowest BCUT2D eigenvalue weighted by molar-refractivity contribution is -0.119. The highest BCUT2D eigenvalue weighted by molar-refractivity contribution is 5.95. The van der Waals surface area contributed by atoms with Gasteiger partial charge in [0.25, 0.3) is 5.91 Å². The zero-order valence-electron chi connectivity index (χ0n) is 12.8. The molecule has 0 bridgehead atoms. The van der Waals surface area contributed by atoms with Crippen molar-refractivity contribution in [2.45, 2.75) is 6.92 Å². The molecule has 0 saturated heterocycles. The van der Waals surface area contributed by atoms with Crippen LogP contribution in [0.4, 0.5) is 10.1 Å². The SMILES string of the molecule is COc1ccc(C(=O)OCC(=O)Nc2cc(F)ccc2C)cc1. The van der Waals surface area contributed by atoms with Gasteiger partial charge in [0.2, 0.25) is 0 Å². The van der Waals surface area contributed by atoms with Gasteiger partial charge in [-0.3, -0.25) is 4.79 Å². The Morgan fingerprint density at radius 2 is 1.83 bits per heavy atom. The highest BCUT2D eigenvalue weighted by Gasteiger charge is 2.11. The second-order valence-corrected chi connectivity index (χ2v) is 4.81. The molecule has 0 saturated carbocycles. The smallest absolute Gasteiger partial charge is 0.338 e. The Morgan fingerprint density at radius 1 is 1.13 bits per heavy atom. The Kier molecular flexibility index (Phi) is 5.30. The van der Waals surface area contributed by atoms with E-state index in [0.717, 1.165) is 0 Å². The van der Waals surface area contributed by atoms with Gasteiger partial charge in [0, 0.05) is 5.69 Å². The second kappa shape index (κ2) is 7.40. The first-order valence-electron chi connectivity index (χ1n) is 6.87. The van der Waals surface area contributed by atoms with Crippen molar-refractivity contribution in [3.63, 3.8) is 0 Å². The molecule has 0 heterocycles. The fourth-order valence-electron chi connectivity index (χ4n) is 1.86. The first-order valence-corrected chi connectivity index (χ1v) is 6.87. The van der Waals surface area contributed by atoms with Crippen LogP contribution in [-0.4, -0.2) is 25.6 Å². The summed E-state index contributed by atoms with van der Waals surface area (Å²) in [6.07, 6.45) is 0. The number of carbonyl (C=O) groups is 2. The van der Waals surface area contributed by atoms with E-state index < -0.39 is 24.3 Å². The van der Waals surface area contributed by atoms with Crippen molar-refractivity contribution in [1.82, 2.24) is 0 Å². The standard InChI is InChI=1S/C17H16FNO4/c1-11-3-6-13(18)9-15(11)19-16(20)10-23-17(21)12-4-7-14(22-2)8-5-12/h3-9H,10H2,1-2H3,(H,19,20). The van der Waals surface area contributed by atoms with E-state index in [1.54, 1.807) is 25.1 Å². The fraction of sp³-hybridized carbons (Fsp3) is 0.176. The van der Waals surface area contributed by atoms with Crippen LogP contribution >= 0.6 is 0 Å². The lowest BCUT2D eigenvalue weighted by Crippen LogP contribution is -2.21. The third-order valence-electron chi connectivity index (χ3n) is 3.13. The van der Waals surface area contributed by atoms with Crippen molar-refractivity contribution in [3.8, 4) is 5.75 Å². The molecule has 1 amide bonds. The number of methoxy groups -OCH3 is 1. The van der Waals surface area contributed by atoms with Crippen molar-refractivity contribution in [3.05, 3.63) is 59.4 Å². The summed E-state index contributed by atoms with van der Waals surface area (Å²) in [5.41, 5.74) is 1.36. The first kappa shape index (κ1) is 16.5. The summed E-state index contributed by atoms with van der Waals surface area (Å²) < 4.78 is 23.1. The number of nitrogens with one attached hydrogen (secondary N) is 1. The number of esters is 1. The van der Waals surface area contributed by atoms with Crippen LogP contribution in [0, 0.1) is 12.7 Å². The Balaban J connectivity index is 1.90. The molecule has 1 N–H and O–H groups in total. The van der Waals surface area contributed by atoms with Gasteiger partial charge in [-0.05, 0) is 48.9 Å². The van der Waals surface area contributed by atoms with Gasteiger partial charge >= 0.3 is 5.97 Å². The molecular weight excluding hydrogens is 301 g/mol. The van der Waals surface area contributed by atoms with Gasteiger partial charge in [0.05, 0.1) is 12.7 Å². The van der Waals surface area contributed by atoms with Crippen LogP contribution in [0.1, 0.15) is 15.9 Å². The number of benzene rings is 2. The zero-order valence-corrected chi connectivity index (χ0v) is 12.8. The number of hydrogen-bond acceptors (Lipinski definition) is 4. The molecule has 0 radical (unpaired) electrons.